The minimum Gasteiger partial charge on any atom is -0.335 e. The Balaban J connectivity index is 2.52. The van der Waals surface area contributed by atoms with Crippen LogP contribution in [0.2, 0.25) is 0 Å². The van der Waals surface area contributed by atoms with Crippen molar-refractivity contribution in [1.29, 1.82) is 0 Å². The monoisotopic (exact) mass is 176 g/mol. The van der Waals surface area contributed by atoms with Crippen molar-refractivity contribution < 1.29 is 4.52 Å². The van der Waals surface area contributed by atoms with Gasteiger partial charge in [0.05, 0.1) is 0 Å². The second-order valence-corrected chi connectivity index (χ2v) is 5.46. The van der Waals surface area contributed by atoms with Crippen molar-refractivity contribution in [1.82, 2.24) is 9.34 Å². The van der Waals surface area contributed by atoms with Gasteiger partial charge in [-0.3, -0.25) is 0 Å². The lowest BCUT2D eigenvalue weighted by Gasteiger charge is -2.40. The molecule has 0 unspecified atom stereocenters. The van der Waals surface area contributed by atoms with Gasteiger partial charge in [-0.15, -0.1) is 0 Å². The van der Waals surface area contributed by atoms with Crippen molar-refractivity contribution >= 4 is 8.45 Å². The van der Waals surface area contributed by atoms with Crippen LogP contribution in [0, 0.1) is 5.92 Å². The van der Waals surface area contributed by atoms with Crippen LogP contribution in [0.5, 0.6) is 0 Å². The third-order valence-corrected chi connectivity index (χ3v) is 3.72. The highest BCUT2D eigenvalue weighted by molar-refractivity contribution is 7.47. The van der Waals surface area contributed by atoms with E-state index in [0.29, 0.717) is 0 Å². The van der Waals surface area contributed by atoms with E-state index < -0.39 is 8.45 Å². The summed E-state index contributed by atoms with van der Waals surface area (Å²) in [6.45, 7) is 4.59. The molecule has 0 saturated carbocycles. The molecular formula is C7H17N2OP. The Bertz CT molecular complexity index is 122. The molecule has 0 N–H and O–H groups in total. The molecule has 1 heterocycles. The summed E-state index contributed by atoms with van der Waals surface area (Å²) in [5.74, 6) is 0.763. The summed E-state index contributed by atoms with van der Waals surface area (Å²) in [7, 11) is 5.59. The van der Waals surface area contributed by atoms with E-state index in [2.05, 4.69) is 30.4 Å². The molecule has 1 saturated heterocycles. The molecule has 3 nitrogen and oxygen atoms in total. The van der Waals surface area contributed by atoms with E-state index in [-0.39, 0.29) is 0 Å². The highest BCUT2D eigenvalue weighted by Gasteiger charge is 2.28. The van der Waals surface area contributed by atoms with Crippen LogP contribution in [0.25, 0.3) is 0 Å². The zero-order chi connectivity index (χ0) is 8.43. The van der Waals surface area contributed by atoms with E-state index in [0.717, 1.165) is 19.0 Å². The van der Waals surface area contributed by atoms with E-state index in [1.54, 1.807) is 7.11 Å². The third kappa shape index (κ3) is 2.12. The summed E-state index contributed by atoms with van der Waals surface area (Å²) in [6.07, 6.45) is 0. The van der Waals surface area contributed by atoms with Gasteiger partial charge in [0.15, 0.2) is 8.45 Å². The molecule has 0 amide bonds. The van der Waals surface area contributed by atoms with Crippen molar-refractivity contribution in [2.24, 2.45) is 5.92 Å². The molecule has 1 rings (SSSR count). The van der Waals surface area contributed by atoms with Crippen molar-refractivity contribution in [3.05, 3.63) is 0 Å². The summed E-state index contributed by atoms with van der Waals surface area (Å²) < 4.78 is 9.97. The van der Waals surface area contributed by atoms with Crippen LogP contribution in [0.3, 0.4) is 0 Å². The second kappa shape index (κ2) is 3.81. The van der Waals surface area contributed by atoms with Crippen LogP contribution in [0.1, 0.15) is 6.92 Å². The van der Waals surface area contributed by atoms with Gasteiger partial charge < -0.3 is 4.52 Å². The smallest absolute Gasteiger partial charge is 0.187 e. The lowest BCUT2D eigenvalue weighted by atomic mass is 10.2. The number of rotatable bonds is 1. The quantitative estimate of drug-likeness (QED) is 0.561. The van der Waals surface area contributed by atoms with Crippen LogP contribution in [-0.4, -0.2) is 43.6 Å². The highest BCUT2D eigenvalue weighted by atomic mass is 31.2. The maximum atomic E-state index is 5.38. The Morgan fingerprint density at radius 3 is 2.09 bits per heavy atom. The normalized spacial score (nSPS) is 36.0. The predicted octanol–water partition coefficient (Wildman–Crippen LogP) is 1.37. The Hall–Kier alpha value is 0.310. The molecule has 1 fully saturated rings. The summed E-state index contributed by atoms with van der Waals surface area (Å²) in [5, 5.41) is 0. The van der Waals surface area contributed by atoms with Gasteiger partial charge in [0, 0.05) is 20.2 Å². The fraction of sp³-hybridized carbons (Fsp3) is 1.00. The molecule has 11 heavy (non-hydrogen) atoms. The van der Waals surface area contributed by atoms with Crippen molar-refractivity contribution in [2.45, 2.75) is 6.92 Å². The number of nitrogens with zero attached hydrogens (tertiary/aromatic N) is 2. The molecule has 0 aromatic rings. The molecule has 0 bridgehead atoms. The molecule has 0 aromatic carbocycles. The van der Waals surface area contributed by atoms with Gasteiger partial charge in [-0.25, -0.2) is 9.34 Å². The van der Waals surface area contributed by atoms with Gasteiger partial charge in [-0.1, -0.05) is 6.92 Å². The van der Waals surface area contributed by atoms with E-state index in [1.807, 2.05) is 0 Å². The molecule has 0 aromatic heterocycles. The van der Waals surface area contributed by atoms with E-state index in [4.69, 9.17) is 4.52 Å². The Morgan fingerprint density at radius 2 is 1.73 bits per heavy atom. The highest BCUT2D eigenvalue weighted by Crippen LogP contribution is 2.45. The Morgan fingerprint density at radius 1 is 1.27 bits per heavy atom. The van der Waals surface area contributed by atoms with Crippen LogP contribution in [0.4, 0.5) is 0 Å². The summed E-state index contributed by atoms with van der Waals surface area (Å²) in [4.78, 5) is 0. The van der Waals surface area contributed by atoms with Crippen molar-refractivity contribution in [3.63, 3.8) is 0 Å². The first-order chi connectivity index (χ1) is 5.15. The van der Waals surface area contributed by atoms with Crippen LogP contribution in [0.15, 0.2) is 0 Å². The van der Waals surface area contributed by atoms with Crippen LogP contribution < -0.4 is 0 Å². The topological polar surface area (TPSA) is 15.7 Å². The van der Waals surface area contributed by atoms with Gasteiger partial charge in [0.2, 0.25) is 0 Å². The maximum absolute atomic E-state index is 5.38. The van der Waals surface area contributed by atoms with E-state index >= 15 is 0 Å². The van der Waals surface area contributed by atoms with Crippen molar-refractivity contribution in [3.8, 4) is 0 Å². The minimum atomic E-state index is -0.452. The largest absolute Gasteiger partial charge is 0.335 e. The van der Waals surface area contributed by atoms with Crippen molar-refractivity contribution in [2.75, 3.05) is 34.3 Å². The first-order valence-electron chi connectivity index (χ1n) is 3.91. The van der Waals surface area contributed by atoms with E-state index in [1.165, 1.54) is 0 Å². The molecule has 66 valence electrons. The summed E-state index contributed by atoms with van der Waals surface area (Å²) in [5.41, 5.74) is 0. The zero-order valence-electron chi connectivity index (χ0n) is 7.74. The number of hydrogen-bond acceptors (Lipinski definition) is 3. The van der Waals surface area contributed by atoms with Crippen LogP contribution >= 0.6 is 8.45 Å². The fourth-order valence-electron chi connectivity index (χ4n) is 1.64. The lowest BCUT2D eigenvalue weighted by molar-refractivity contribution is 0.249. The molecule has 0 aliphatic carbocycles. The standard InChI is InChI=1S/C7H17N2OP/c1-7-5-8(2)11(10-4)9(3)6-7/h7H,5-6H2,1-4H3. The van der Waals surface area contributed by atoms with Gasteiger partial charge in [-0.05, 0) is 20.0 Å². The molecule has 0 radical (unpaired) electrons. The Labute approximate surface area is 70.3 Å². The van der Waals surface area contributed by atoms with E-state index in [9.17, 15) is 0 Å². The third-order valence-electron chi connectivity index (χ3n) is 1.90. The average molecular weight is 176 g/mol. The molecule has 4 heteroatoms. The number of hydrogen-bond donors (Lipinski definition) is 0. The lowest BCUT2D eigenvalue weighted by Crippen LogP contribution is -2.38. The second-order valence-electron chi connectivity index (χ2n) is 3.22. The maximum Gasteiger partial charge on any atom is 0.187 e. The fourth-order valence-corrected chi connectivity index (χ4v) is 3.55. The molecule has 1 aliphatic rings. The Kier molecular flexibility index (Phi) is 3.26. The molecular weight excluding hydrogens is 159 g/mol. The summed E-state index contributed by atoms with van der Waals surface area (Å²) in [6, 6.07) is 0. The molecule has 0 atom stereocenters. The first kappa shape index (κ1) is 9.40. The summed E-state index contributed by atoms with van der Waals surface area (Å²) >= 11 is 0. The predicted molar refractivity (Wildman–Crippen MR) is 48.4 cm³/mol. The first-order valence-corrected chi connectivity index (χ1v) is 5.08. The van der Waals surface area contributed by atoms with Crippen LogP contribution in [-0.2, 0) is 4.52 Å². The van der Waals surface area contributed by atoms with Gasteiger partial charge in [-0.2, -0.15) is 0 Å². The minimum absolute atomic E-state index is 0.452. The van der Waals surface area contributed by atoms with Gasteiger partial charge in [0.1, 0.15) is 0 Å². The van der Waals surface area contributed by atoms with Gasteiger partial charge in [0.25, 0.3) is 0 Å². The molecule has 0 spiro atoms. The SMILES string of the molecule is COP1N(C)CC(C)CN1C. The zero-order valence-corrected chi connectivity index (χ0v) is 8.64. The van der Waals surface area contributed by atoms with Gasteiger partial charge >= 0.3 is 0 Å². The molecule has 1 aliphatic heterocycles. The average Bonchev–Trinajstić information content (AvgIpc) is 1.85.